The van der Waals surface area contributed by atoms with Gasteiger partial charge in [-0.1, -0.05) is 48.5 Å². The molecule has 1 unspecified atom stereocenters. The van der Waals surface area contributed by atoms with Crippen molar-refractivity contribution < 1.29 is 14.6 Å². The van der Waals surface area contributed by atoms with Crippen LogP contribution in [0.5, 0.6) is 0 Å². The quantitative estimate of drug-likeness (QED) is 0.586. The Balaban J connectivity index is 4.50. The molecule has 0 rings (SSSR count). The van der Waals surface area contributed by atoms with Crippen LogP contribution in [-0.4, -0.2) is 38.1 Å². The van der Waals surface area contributed by atoms with Gasteiger partial charge in [-0.25, -0.2) is 0 Å². The summed E-state index contributed by atoms with van der Waals surface area (Å²) in [6.07, 6.45) is 2.11. The van der Waals surface area contributed by atoms with Gasteiger partial charge < -0.3 is 14.6 Å². The highest BCUT2D eigenvalue weighted by atomic mass is 16.5. The van der Waals surface area contributed by atoms with Gasteiger partial charge >= 0.3 is 0 Å². The van der Waals surface area contributed by atoms with Crippen molar-refractivity contribution in [3.63, 3.8) is 0 Å². The molecule has 0 amide bonds. The van der Waals surface area contributed by atoms with Crippen LogP contribution in [0.2, 0.25) is 0 Å². The lowest BCUT2D eigenvalue weighted by Crippen LogP contribution is -2.43. The van der Waals surface area contributed by atoms with E-state index in [2.05, 4.69) is 34.6 Å². The number of rotatable bonds is 11. The van der Waals surface area contributed by atoms with Crippen LogP contribution < -0.4 is 0 Å². The Morgan fingerprint density at radius 3 is 1.90 bits per heavy atom. The molecule has 0 saturated heterocycles. The van der Waals surface area contributed by atoms with E-state index in [4.69, 9.17) is 9.47 Å². The second kappa shape index (κ2) is 8.35. The zero-order valence-electron chi connectivity index (χ0n) is 14.7. The molecule has 0 saturated carbocycles. The van der Waals surface area contributed by atoms with Crippen LogP contribution in [0.4, 0.5) is 0 Å². The van der Waals surface area contributed by atoms with E-state index in [9.17, 15) is 5.11 Å². The number of ether oxygens (including phenoxy) is 2. The summed E-state index contributed by atoms with van der Waals surface area (Å²) in [5.74, 6) is 0. The Labute approximate surface area is 126 Å². The molecule has 0 bridgehead atoms. The molecule has 1 N–H and O–H groups in total. The fourth-order valence-corrected chi connectivity index (χ4v) is 2.02. The third-order valence-electron chi connectivity index (χ3n) is 4.57. The molecular formula is C17H36O3. The number of hydrogen-bond donors (Lipinski definition) is 1. The summed E-state index contributed by atoms with van der Waals surface area (Å²) in [7, 11) is 0. The van der Waals surface area contributed by atoms with E-state index in [-0.39, 0.29) is 22.9 Å². The summed E-state index contributed by atoms with van der Waals surface area (Å²) in [4.78, 5) is 0. The van der Waals surface area contributed by atoms with E-state index in [1.54, 1.807) is 0 Å². The van der Waals surface area contributed by atoms with E-state index in [0.29, 0.717) is 13.2 Å². The van der Waals surface area contributed by atoms with Crippen LogP contribution in [0.15, 0.2) is 0 Å². The Morgan fingerprint density at radius 1 is 0.850 bits per heavy atom. The first-order chi connectivity index (χ1) is 9.14. The highest BCUT2D eigenvalue weighted by molar-refractivity contribution is 4.89. The average molecular weight is 288 g/mol. The van der Waals surface area contributed by atoms with Gasteiger partial charge in [-0.3, -0.25) is 0 Å². The van der Waals surface area contributed by atoms with Gasteiger partial charge in [0.25, 0.3) is 0 Å². The van der Waals surface area contributed by atoms with Crippen molar-refractivity contribution in [2.75, 3.05) is 33.0 Å². The molecule has 0 aliphatic rings. The van der Waals surface area contributed by atoms with Crippen LogP contribution in [0, 0.1) is 16.2 Å². The fourth-order valence-electron chi connectivity index (χ4n) is 2.02. The van der Waals surface area contributed by atoms with Crippen LogP contribution in [-0.2, 0) is 9.47 Å². The molecule has 0 aromatic carbocycles. The van der Waals surface area contributed by atoms with Crippen molar-refractivity contribution in [3.8, 4) is 0 Å². The monoisotopic (exact) mass is 288 g/mol. The number of aliphatic hydroxyl groups excluding tert-OH is 1. The normalized spacial score (nSPS) is 16.2. The molecule has 20 heavy (non-hydrogen) atoms. The topological polar surface area (TPSA) is 38.7 Å². The van der Waals surface area contributed by atoms with Crippen LogP contribution in [0.3, 0.4) is 0 Å². The zero-order valence-corrected chi connectivity index (χ0v) is 14.7. The summed E-state index contributed by atoms with van der Waals surface area (Å²) >= 11 is 0. The maximum Gasteiger partial charge on any atom is 0.0539 e. The number of hydrogen-bond acceptors (Lipinski definition) is 3. The SMILES string of the molecule is CCCOCC(C)(C)C(C)(CC)COCC(C)(C)CO. The lowest BCUT2D eigenvalue weighted by molar-refractivity contribution is -0.0832. The third-order valence-corrected chi connectivity index (χ3v) is 4.57. The number of aliphatic hydroxyl groups is 1. The van der Waals surface area contributed by atoms with Crippen molar-refractivity contribution in [2.24, 2.45) is 16.2 Å². The lowest BCUT2D eigenvalue weighted by Gasteiger charge is -2.44. The Morgan fingerprint density at radius 2 is 1.45 bits per heavy atom. The maximum atomic E-state index is 9.28. The first kappa shape index (κ1) is 19.9. The second-order valence-electron chi connectivity index (χ2n) is 7.67. The van der Waals surface area contributed by atoms with Gasteiger partial charge in [0.1, 0.15) is 0 Å². The standard InChI is InChI=1S/C17H36O3/c1-8-10-19-13-16(5,6)17(7,9-2)14-20-12-15(3,4)11-18/h18H,8-14H2,1-7H3. The molecule has 0 fully saturated rings. The van der Waals surface area contributed by atoms with Gasteiger partial charge in [-0.15, -0.1) is 0 Å². The molecule has 122 valence electrons. The highest BCUT2D eigenvalue weighted by Crippen LogP contribution is 2.42. The fraction of sp³-hybridized carbons (Fsp3) is 1.00. The van der Waals surface area contributed by atoms with Crippen molar-refractivity contribution in [2.45, 2.75) is 61.3 Å². The molecule has 0 aliphatic carbocycles. The summed E-state index contributed by atoms with van der Waals surface area (Å²) in [5.41, 5.74) is -0.0238. The summed E-state index contributed by atoms with van der Waals surface area (Å²) < 4.78 is 11.7. The van der Waals surface area contributed by atoms with Crippen molar-refractivity contribution in [3.05, 3.63) is 0 Å². The van der Waals surface area contributed by atoms with Crippen LogP contribution in [0.25, 0.3) is 0 Å². The smallest absolute Gasteiger partial charge is 0.0539 e. The van der Waals surface area contributed by atoms with Gasteiger partial charge in [0.05, 0.1) is 26.4 Å². The molecular weight excluding hydrogens is 252 g/mol. The van der Waals surface area contributed by atoms with Crippen LogP contribution >= 0.6 is 0 Å². The van der Waals surface area contributed by atoms with Gasteiger partial charge in [-0.2, -0.15) is 0 Å². The van der Waals surface area contributed by atoms with Crippen molar-refractivity contribution in [1.82, 2.24) is 0 Å². The summed E-state index contributed by atoms with van der Waals surface area (Å²) in [6.45, 7) is 18.2. The van der Waals surface area contributed by atoms with E-state index in [0.717, 1.165) is 26.1 Å². The summed E-state index contributed by atoms with van der Waals surface area (Å²) in [6, 6.07) is 0. The first-order valence-corrected chi connectivity index (χ1v) is 7.90. The molecule has 0 heterocycles. The van der Waals surface area contributed by atoms with Crippen LogP contribution in [0.1, 0.15) is 61.3 Å². The van der Waals surface area contributed by atoms with E-state index >= 15 is 0 Å². The molecule has 0 aromatic rings. The molecule has 0 spiro atoms. The van der Waals surface area contributed by atoms with E-state index in [1.807, 2.05) is 13.8 Å². The average Bonchev–Trinajstić information content (AvgIpc) is 2.38. The largest absolute Gasteiger partial charge is 0.396 e. The molecule has 0 aliphatic heterocycles. The van der Waals surface area contributed by atoms with Gasteiger partial charge in [0, 0.05) is 12.0 Å². The molecule has 3 nitrogen and oxygen atoms in total. The molecule has 0 aromatic heterocycles. The molecule has 0 radical (unpaired) electrons. The van der Waals surface area contributed by atoms with Crippen molar-refractivity contribution >= 4 is 0 Å². The Kier molecular flexibility index (Phi) is 8.30. The minimum atomic E-state index is -0.169. The minimum Gasteiger partial charge on any atom is -0.396 e. The van der Waals surface area contributed by atoms with Gasteiger partial charge in [0.2, 0.25) is 0 Å². The van der Waals surface area contributed by atoms with E-state index < -0.39 is 0 Å². The summed E-state index contributed by atoms with van der Waals surface area (Å²) in [5, 5.41) is 9.28. The van der Waals surface area contributed by atoms with Gasteiger partial charge in [0.15, 0.2) is 0 Å². The van der Waals surface area contributed by atoms with Gasteiger partial charge in [-0.05, 0) is 23.7 Å². The minimum absolute atomic E-state index is 0.0697. The zero-order chi connectivity index (χ0) is 15.9. The predicted molar refractivity (Wildman–Crippen MR) is 85.0 cm³/mol. The maximum absolute atomic E-state index is 9.28. The second-order valence-corrected chi connectivity index (χ2v) is 7.67. The van der Waals surface area contributed by atoms with Crippen molar-refractivity contribution in [1.29, 1.82) is 0 Å². The molecule has 1 atom stereocenters. The molecule has 3 heteroatoms. The predicted octanol–water partition coefficient (Wildman–Crippen LogP) is 3.89. The third kappa shape index (κ3) is 6.11. The Hall–Kier alpha value is -0.120. The highest BCUT2D eigenvalue weighted by Gasteiger charge is 2.40. The Bertz CT molecular complexity index is 261. The first-order valence-electron chi connectivity index (χ1n) is 7.90. The van der Waals surface area contributed by atoms with E-state index in [1.165, 1.54) is 0 Å². The lowest BCUT2D eigenvalue weighted by atomic mass is 9.66.